The van der Waals surface area contributed by atoms with E-state index in [1.165, 1.54) is 5.75 Å². The van der Waals surface area contributed by atoms with Crippen LogP contribution in [0.1, 0.15) is 6.42 Å². The molecule has 20 heavy (non-hydrogen) atoms. The van der Waals surface area contributed by atoms with Gasteiger partial charge in [-0.2, -0.15) is 31.8 Å². The number of nitrogens with one attached hydrogen (secondary N) is 1. The third-order valence-electron chi connectivity index (χ3n) is 3.22. The molecule has 1 fully saturated rings. The van der Waals surface area contributed by atoms with E-state index in [4.69, 9.17) is 5.84 Å². The third-order valence-corrected chi connectivity index (χ3v) is 4.36. The minimum Gasteiger partial charge on any atom is -0.340 e. The van der Waals surface area contributed by atoms with Crippen LogP contribution >= 0.6 is 11.8 Å². The molecule has 0 spiro atoms. The fraction of sp³-hybridized carbons (Fsp3) is 0.455. The van der Waals surface area contributed by atoms with Crippen LogP contribution < -0.4 is 16.2 Å². The molecule has 1 aliphatic heterocycles. The van der Waals surface area contributed by atoms with Crippen LogP contribution in [0.15, 0.2) is 18.5 Å². The van der Waals surface area contributed by atoms with E-state index in [-0.39, 0.29) is 0 Å². The van der Waals surface area contributed by atoms with E-state index in [1.54, 1.807) is 17.1 Å². The Morgan fingerprint density at radius 1 is 1.45 bits per heavy atom. The van der Waals surface area contributed by atoms with Gasteiger partial charge in [-0.15, -0.1) is 0 Å². The predicted molar refractivity (Wildman–Crippen MR) is 78.9 cm³/mol. The summed E-state index contributed by atoms with van der Waals surface area (Å²) in [6.45, 7) is 0. The minimum atomic E-state index is 0.331. The van der Waals surface area contributed by atoms with E-state index in [9.17, 15) is 0 Å². The Morgan fingerprint density at radius 2 is 2.35 bits per heavy atom. The average Bonchev–Trinajstić information content (AvgIpc) is 3.18. The maximum Gasteiger partial charge on any atom is 0.257 e. The summed E-state index contributed by atoms with van der Waals surface area (Å²) in [4.78, 5) is 15.1. The zero-order chi connectivity index (χ0) is 13.9. The number of rotatable bonds is 4. The summed E-state index contributed by atoms with van der Waals surface area (Å²) in [5.74, 6) is 9.09. The van der Waals surface area contributed by atoms with Gasteiger partial charge in [-0.05, 0) is 18.2 Å². The highest BCUT2D eigenvalue weighted by Gasteiger charge is 2.23. The Balaban J connectivity index is 1.95. The number of hydrazine groups is 1. The molecule has 106 valence electrons. The highest BCUT2D eigenvalue weighted by atomic mass is 32.2. The van der Waals surface area contributed by atoms with E-state index in [2.05, 4.69) is 30.4 Å². The molecular formula is C11H16N8S. The van der Waals surface area contributed by atoms with Gasteiger partial charge < -0.3 is 4.90 Å². The van der Waals surface area contributed by atoms with Gasteiger partial charge in [0.2, 0.25) is 11.9 Å². The van der Waals surface area contributed by atoms with Crippen molar-refractivity contribution in [2.75, 3.05) is 28.9 Å². The molecule has 0 saturated carbocycles. The second-order valence-corrected chi connectivity index (χ2v) is 5.63. The van der Waals surface area contributed by atoms with E-state index in [0.29, 0.717) is 23.9 Å². The maximum atomic E-state index is 5.44. The third kappa shape index (κ3) is 2.54. The highest BCUT2D eigenvalue weighted by Crippen LogP contribution is 2.24. The average molecular weight is 292 g/mol. The SMILES string of the molecule is CN(c1nc(NN)nc(-n2cccn2)n1)C1CCSC1. The van der Waals surface area contributed by atoms with Crippen LogP contribution in [0, 0.1) is 0 Å². The second kappa shape index (κ2) is 5.63. The Hall–Kier alpha value is -1.87. The molecule has 1 atom stereocenters. The standard InChI is InChI=1S/C11H16N8S/c1-18(8-3-6-20-7-8)10-14-9(17-12)15-11(16-10)19-5-2-4-13-19/h2,4-5,8H,3,6-7,12H2,1H3,(H,14,15,16,17). The van der Waals surface area contributed by atoms with Crippen molar-refractivity contribution in [1.82, 2.24) is 24.7 Å². The number of anilines is 2. The van der Waals surface area contributed by atoms with E-state index >= 15 is 0 Å². The first kappa shape index (κ1) is 13.1. The molecule has 8 nitrogen and oxygen atoms in total. The van der Waals surface area contributed by atoms with Crippen LogP contribution in [0.4, 0.5) is 11.9 Å². The van der Waals surface area contributed by atoms with Crippen molar-refractivity contribution in [3.8, 4) is 5.95 Å². The van der Waals surface area contributed by atoms with Crippen molar-refractivity contribution in [2.24, 2.45) is 5.84 Å². The lowest BCUT2D eigenvalue weighted by Gasteiger charge is -2.24. The smallest absolute Gasteiger partial charge is 0.257 e. The number of nitrogen functional groups attached to an aromatic ring is 1. The number of nitrogens with zero attached hydrogens (tertiary/aromatic N) is 6. The Morgan fingerprint density at radius 3 is 3.00 bits per heavy atom. The molecule has 0 radical (unpaired) electrons. The predicted octanol–water partition coefficient (Wildman–Crippen LogP) is 0.285. The lowest BCUT2D eigenvalue weighted by Crippen LogP contribution is -2.33. The van der Waals surface area contributed by atoms with Crippen LogP contribution in [0.3, 0.4) is 0 Å². The molecular weight excluding hydrogens is 276 g/mol. The van der Waals surface area contributed by atoms with Gasteiger partial charge in [0.15, 0.2) is 0 Å². The molecule has 9 heteroatoms. The molecule has 3 heterocycles. The van der Waals surface area contributed by atoms with Crippen molar-refractivity contribution >= 4 is 23.7 Å². The molecule has 0 aliphatic carbocycles. The zero-order valence-corrected chi connectivity index (χ0v) is 11.9. The molecule has 3 N–H and O–H groups in total. The summed E-state index contributed by atoms with van der Waals surface area (Å²) < 4.78 is 1.59. The van der Waals surface area contributed by atoms with Crippen LogP contribution in [0.25, 0.3) is 5.95 Å². The van der Waals surface area contributed by atoms with E-state index in [1.807, 2.05) is 24.9 Å². The summed E-state index contributed by atoms with van der Waals surface area (Å²) >= 11 is 1.95. The van der Waals surface area contributed by atoms with Crippen molar-refractivity contribution < 1.29 is 0 Å². The van der Waals surface area contributed by atoms with Crippen LogP contribution in [0.2, 0.25) is 0 Å². The Bertz CT molecular complexity index is 566. The van der Waals surface area contributed by atoms with Gasteiger partial charge in [-0.1, -0.05) is 0 Å². The Labute approximate surface area is 120 Å². The molecule has 0 aromatic carbocycles. The lowest BCUT2D eigenvalue weighted by molar-refractivity contribution is 0.673. The van der Waals surface area contributed by atoms with Gasteiger partial charge in [0.25, 0.3) is 5.95 Å². The molecule has 2 aromatic heterocycles. The molecule has 0 amide bonds. The zero-order valence-electron chi connectivity index (χ0n) is 11.1. The van der Waals surface area contributed by atoms with Gasteiger partial charge in [0, 0.05) is 31.2 Å². The van der Waals surface area contributed by atoms with E-state index < -0.39 is 0 Å². The molecule has 0 bridgehead atoms. The summed E-state index contributed by atoms with van der Waals surface area (Å²) in [5, 5.41) is 4.13. The van der Waals surface area contributed by atoms with Crippen LogP contribution in [-0.4, -0.2) is 49.3 Å². The topological polar surface area (TPSA) is 97.8 Å². The summed E-state index contributed by atoms with van der Waals surface area (Å²) in [7, 11) is 2.00. The number of hydrogen-bond acceptors (Lipinski definition) is 8. The monoisotopic (exact) mass is 292 g/mol. The first-order valence-electron chi connectivity index (χ1n) is 6.31. The van der Waals surface area contributed by atoms with Gasteiger partial charge >= 0.3 is 0 Å². The quantitative estimate of drug-likeness (QED) is 0.613. The largest absolute Gasteiger partial charge is 0.340 e. The van der Waals surface area contributed by atoms with Crippen LogP contribution in [0.5, 0.6) is 0 Å². The number of aromatic nitrogens is 5. The van der Waals surface area contributed by atoms with Crippen LogP contribution in [-0.2, 0) is 0 Å². The molecule has 3 rings (SSSR count). The summed E-state index contributed by atoms with van der Waals surface area (Å²) in [5.41, 5.74) is 2.48. The van der Waals surface area contributed by atoms with Crippen molar-refractivity contribution in [3.63, 3.8) is 0 Å². The molecule has 1 saturated heterocycles. The van der Waals surface area contributed by atoms with Crippen molar-refractivity contribution in [3.05, 3.63) is 18.5 Å². The number of thioether (sulfide) groups is 1. The number of nitrogens with two attached hydrogens (primary N) is 1. The lowest BCUT2D eigenvalue weighted by atomic mass is 10.2. The van der Waals surface area contributed by atoms with Crippen molar-refractivity contribution in [1.29, 1.82) is 0 Å². The van der Waals surface area contributed by atoms with Gasteiger partial charge in [0.1, 0.15) is 0 Å². The fourth-order valence-corrected chi connectivity index (χ4v) is 3.32. The summed E-state index contributed by atoms with van der Waals surface area (Å²) in [6.07, 6.45) is 4.59. The van der Waals surface area contributed by atoms with E-state index in [0.717, 1.165) is 12.2 Å². The first-order valence-corrected chi connectivity index (χ1v) is 7.46. The number of hydrogen-bond donors (Lipinski definition) is 2. The summed E-state index contributed by atoms with van der Waals surface area (Å²) in [6, 6.07) is 2.26. The molecule has 2 aromatic rings. The van der Waals surface area contributed by atoms with Crippen molar-refractivity contribution in [2.45, 2.75) is 12.5 Å². The van der Waals surface area contributed by atoms with Gasteiger partial charge in [0.05, 0.1) is 0 Å². The molecule has 1 aliphatic rings. The van der Waals surface area contributed by atoms with Gasteiger partial charge in [-0.25, -0.2) is 10.5 Å². The second-order valence-electron chi connectivity index (χ2n) is 4.48. The van der Waals surface area contributed by atoms with Gasteiger partial charge in [-0.3, -0.25) is 5.43 Å². The highest BCUT2D eigenvalue weighted by molar-refractivity contribution is 7.99. The Kier molecular flexibility index (Phi) is 3.70. The fourth-order valence-electron chi connectivity index (χ4n) is 2.06. The maximum absolute atomic E-state index is 5.44. The normalized spacial score (nSPS) is 18.2. The minimum absolute atomic E-state index is 0.331. The molecule has 1 unspecified atom stereocenters. The first-order chi connectivity index (χ1) is 9.78.